The van der Waals surface area contributed by atoms with Crippen molar-refractivity contribution in [2.24, 2.45) is 0 Å². The minimum atomic E-state index is -0.113. The maximum Gasteiger partial charge on any atom is 0.0547 e. The van der Waals surface area contributed by atoms with Gasteiger partial charge in [-0.1, -0.05) is 196 Å². The lowest BCUT2D eigenvalue weighted by molar-refractivity contribution is 0.660. The summed E-state index contributed by atoms with van der Waals surface area (Å²) in [7, 11) is 0. The highest BCUT2D eigenvalue weighted by Gasteiger charge is 2.36. The fourth-order valence-corrected chi connectivity index (χ4v) is 12.6. The van der Waals surface area contributed by atoms with Crippen LogP contribution < -0.4 is 0 Å². The third kappa shape index (κ3) is 5.61. The van der Waals surface area contributed by atoms with Gasteiger partial charge in [0.2, 0.25) is 0 Å². The number of para-hydroxylation sites is 2. The molecular weight excluding hydrogens is 843 g/mol. The first kappa shape index (κ1) is 39.2. The first-order valence-corrected chi connectivity index (χ1v) is 24.6. The molecule has 0 aliphatic heterocycles. The highest BCUT2D eigenvalue weighted by molar-refractivity contribution is 6.25. The third-order valence-electron chi connectivity index (χ3n) is 15.9. The van der Waals surface area contributed by atoms with E-state index in [2.05, 4.69) is 255 Å². The Bertz CT molecular complexity index is 4530. The minimum absolute atomic E-state index is 0.113. The van der Waals surface area contributed by atoms with Crippen LogP contribution in [0.3, 0.4) is 0 Å². The van der Waals surface area contributed by atoms with Gasteiger partial charge in [0.25, 0.3) is 0 Å². The zero-order valence-electron chi connectivity index (χ0n) is 39.0. The summed E-state index contributed by atoms with van der Waals surface area (Å²) in [4.78, 5) is 0. The number of nitrogens with zero attached hydrogens (tertiary/aromatic N) is 1. The summed E-state index contributed by atoms with van der Waals surface area (Å²) in [5, 5.41) is 17.9. The molecule has 1 heteroatoms. The molecule has 1 aliphatic rings. The van der Waals surface area contributed by atoms with Gasteiger partial charge in [-0.3, -0.25) is 0 Å². The molecule has 1 heterocycles. The molecule has 0 atom stereocenters. The molecule has 13 aromatic carbocycles. The average Bonchev–Trinajstić information content (AvgIpc) is 3.86. The summed E-state index contributed by atoms with van der Waals surface area (Å²) >= 11 is 0. The van der Waals surface area contributed by atoms with Crippen LogP contribution in [0.4, 0.5) is 0 Å². The summed E-state index contributed by atoms with van der Waals surface area (Å²) in [6, 6.07) is 88.8. The Morgan fingerprint density at radius 3 is 1.57 bits per heavy atom. The Balaban J connectivity index is 0.851. The van der Waals surface area contributed by atoms with Gasteiger partial charge in [-0.15, -0.1) is 0 Å². The van der Waals surface area contributed by atoms with Crippen LogP contribution in [0, 0.1) is 0 Å². The summed E-state index contributed by atoms with van der Waals surface area (Å²) in [6.07, 6.45) is 0. The highest BCUT2D eigenvalue weighted by atomic mass is 15.0. The van der Waals surface area contributed by atoms with E-state index in [0.717, 1.165) is 0 Å². The van der Waals surface area contributed by atoms with Crippen molar-refractivity contribution < 1.29 is 0 Å². The standard InChI is InChI=1S/C69H45N/c1-69(2)63-34-29-44(37-61(63)62-39-47(30-35-64(62)69)60-38-45-15-7-9-19-52(45)68-51-18-8-6-14-42(51)26-33-58(60)68)43-27-31-53-46(36-43)24-25-49-40-59(54-20-10-11-22-57(54)67(49)53)48-28-32-56-55-21-12-13-23-65(55)70(66(56)41-48)50-16-4-3-5-17-50/h3-41H,1-2H3. The van der Waals surface area contributed by atoms with Crippen LogP contribution in [0.1, 0.15) is 25.0 Å². The van der Waals surface area contributed by atoms with Crippen molar-refractivity contribution in [3.63, 3.8) is 0 Å². The van der Waals surface area contributed by atoms with Crippen molar-refractivity contribution >= 4 is 86.4 Å². The van der Waals surface area contributed by atoms with E-state index in [0.29, 0.717) is 0 Å². The summed E-state index contributed by atoms with van der Waals surface area (Å²) in [5.41, 5.74) is 16.4. The van der Waals surface area contributed by atoms with E-state index in [4.69, 9.17) is 0 Å². The number of hydrogen-bond donors (Lipinski definition) is 0. The summed E-state index contributed by atoms with van der Waals surface area (Å²) in [5.74, 6) is 0. The molecule has 0 radical (unpaired) electrons. The SMILES string of the molecule is CC1(C)c2ccc(-c3ccc4c(ccc5cc(-c6ccc7c8ccccc8n(-c8ccccc8)c7c6)c6ccccc6c54)c3)cc2-c2cc(-c3cc4ccccc4c4c3ccc3ccccc34)ccc21. The Morgan fingerprint density at radius 1 is 0.271 bits per heavy atom. The zero-order valence-corrected chi connectivity index (χ0v) is 39.0. The van der Waals surface area contributed by atoms with Crippen LogP contribution in [0.15, 0.2) is 237 Å². The molecule has 70 heavy (non-hydrogen) atoms. The molecule has 0 saturated carbocycles. The smallest absolute Gasteiger partial charge is 0.0547 e. The molecule has 326 valence electrons. The van der Waals surface area contributed by atoms with E-state index in [9.17, 15) is 0 Å². The maximum absolute atomic E-state index is 2.47. The lowest BCUT2D eigenvalue weighted by Gasteiger charge is -2.22. The summed E-state index contributed by atoms with van der Waals surface area (Å²) < 4.78 is 2.41. The van der Waals surface area contributed by atoms with Gasteiger partial charge in [0.15, 0.2) is 0 Å². The molecule has 14 aromatic rings. The Morgan fingerprint density at radius 2 is 0.757 bits per heavy atom. The predicted molar refractivity (Wildman–Crippen MR) is 300 cm³/mol. The monoisotopic (exact) mass is 887 g/mol. The van der Waals surface area contributed by atoms with E-state index in [1.807, 2.05) is 0 Å². The first-order valence-electron chi connectivity index (χ1n) is 24.6. The van der Waals surface area contributed by atoms with Crippen LogP contribution in [-0.2, 0) is 5.41 Å². The van der Waals surface area contributed by atoms with Crippen LogP contribution in [0.25, 0.3) is 137 Å². The van der Waals surface area contributed by atoms with E-state index in [1.165, 1.54) is 148 Å². The predicted octanol–water partition coefficient (Wildman–Crippen LogP) is 19.0. The van der Waals surface area contributed by atoms with E-state index >= 15 is 0 Å². The van der Waals surface area contributed by atoms with Crippen LogP contribution in [-0.4, -0.2) is 4.57 Å². The van der Waals surface area contributed by atoms with Crippen LogP contribution in [0.5, 0.6) is 0 Å². The molecule has 0 unspecified atom stereocenters. The average molecular weight is 888 g/mol. The minimum Gasteiger partial charge on any atom is -0.309 e. The van der Waals surface area contributed by atoms with Gasteiger partial charge < -0.3 is 4.57 Å². The molecule has 1 aliphatic carbocycles. The first-order chi connectivity index (χ1) is 34.5. The van der Waals surface area contributed by atoms with Crippen molar-refractivity contribution in [1.29, 1.82) is 0 Å². The Kier molecular flexibility index (Phi) is 8.19. The van der Waals surface area contributed by atoms with Crippen molar-refractivity contribution in [2.75, 3.05) is 0 Å². The Labute approximate surface area is 406 Å². The quantitative estimate of drug-likeness (QED) is 0.155. The summed E-state index contributed by atoms with van der Waals surface area (Å²) in [6.45, 7) is 4.77. The molecule has 0 N–H and O–H groups in total. The van der Waals surface area contributed by atoms with Crippen molar-refractivity contribution in [3.05, 3.63) is 248 Å². The maximum atomic E-state index is 2.47. The van der Waals surface area contributed by atoms with Gasteiger partial charge >= 0.3 is 0 Å². The largest absolute Gasteiger partial charge is 0.309 e. The highest BCUT2D eigenvalue weighted by Crippen LogP contribution is 2.52. The molecule has 1 aromatic heterocycles. The van der Waals surface area contributed by atoms with Crippen molar-refractivity contribution in [2.45, 2.75) is 19.3 Å². The van der Waals surface area contributed by atoms with Crippen molar-refractivity contribution in [3.8, 4) is 50.2 Å². The fourth-order valence-electron chi connectivity index (χ4n) is 12.6. The normalized spacial score (nSPS) is 13.1. The number of rotatable bonds is 4. The molecule has 0 spiro atoms. The van der Waals surface area contributed by atoms with Crippen LogP contribution in [0.2, 0.25) is 0 Å². The topological polar surface area (TPSA) is 4.93 Å². The van der Waals surface area contributed by atoms with Gasteiger partial charge in [0.1, 0.15) is 0 Å². The third-order valence-corrected chi connectivity index (χ3v) is 15.9. The number of aromatic nitrogens is 1. The van der Waals surface area contributed by atoms with Gasteiger partial charge in [0, 0.05) is 21.9 Å². The molecule has 0 saturated heterocycles. The van der Waals surface area contributed by atoms with Gasteiger partial charge in [-0.25, -0.2) is 0 Å². The lowest BCUT2D eigenvalue weighted by atomic mass is 9.81. The molecule has 0 bridgehead atoms. The fraction of sp³-hybridized carbons (Fsp3) is 0.0435. The molecule has 0 amide bonds. The number of hydrogen-bond acceptors (Lipinski definition) is 0. The molecule has 0 fully saturated rings. The second-order valence-corrected chi connectivity index (χ2v) is 20.0. The Hall–Kier alpha value is -8.78. The number of benzene rings is 13. The van der Waals surface area contributed by atoms with Crippen LogP contribution >= 0.6 is 0 Å². The second-order valence-electron chi connectivity index (χ2n) is 20.0. The van der Waals surface area contributed by atoms with Crippen molar-refractivity contribution in [1.82, 2.24) is 4.57 Å². The molecule has 15 rings (SSSR count). The number of fused-ring (bicyclic) bond motifs is 16. The van der Waals surface area contributed by atoms with Gasteiger partial charge in [-0.2, -0.15) is 0 Å². The second kappa shape index (κ2) is 14.6. The van der Waals surface area contributed by atoms with E-state index in [1.54, 1.807) is 0 Å². The lowest BCUT2D eigenvalue weighted by Crippen LogP contribution is -2.14. The van der Waals surface area contributed by atoms with E-state index < -0.39 is 0 Å². The molecule has 1 nitrogen and oxygen atoms in total. The molecular formula is C69H45N. The van der Waals surface area contributed by atoms with E-state index in [-0.39, 0.29) is 5.41 Å². The van der Waals surface area contributed by atoms with Gasteiger partial charge in [0.05, 0.1) is 11.0 Å². The zero-order chi connectivity index (χ0) is 46.2. The van der Waals surface area contributed by atoms with Gasteiger partial charge in [-0.05, 0) is 175 Å².